The van der Waals surface area contributed by atoms with Crippen molar-refractivity contribution >= 4 is 9.84 Å². The molecule has 0 saturated carbocycles. The molecule has 0 fully saturated rings. The molecule has 0 amide bonds. The largest absolute Gasteiger partial charge is 0.271 e. The zero-order valence-corrected chi connectivity index (χ0v) is 9.01. The third-order valence-corrected chi connectivity index (χ3v) is 3.15. The van der Waals surface area contributed by atoms with Gasteiger partial charge in [0.25, 0.3) is 0 Å². The molecule has 4 nitrogen and oxygen atoms in total. The highest BCUT2D eigenvalue weighted by molar-refractivity contribution is 7.90. The Hall–Kier alpha value is -0.910. The molecule has 0 aromatic heterocycles. The summed E-state index contributed by atoms with van der Waals surface area (Å²) in [4.78, 5) is 0.317. The Kier molecular flexibility index (Phi) is 3.25. The zero-order chi connectivity index (χ0) is 10.8. The normalized spacial score (nSPS) is 13.9. The number of hydrogen-bond donors (Lipinski definition) is 2. The predicted octanol–water partition coefficient (Wildman–Crippen LogP) is 0.614. The highest BCUT2D eigenvalue weighted by Crippen LogP contribution is 2.16. The molecule has 1 unspecified atom stereocenters. The van der Waals surface area contributed by atoms with Gasteiger partial charge in [-0.05, 0) is 24.6 Å². The molecule has 1 aromatic rings. The Morgan fingerprint density at radius 1 is 1.43 bits per heavy atom. The van der Waals surface area contributed by atoms with E-state index < -0.39 is 9.84 Å². The minimum absolute atomic E-state index is 0.0586. The lowest BCUT2D eigenvalue weighted by atomic mass is 10.1. The molecular weight excluding hydrogens is 200 g/mol. The first kappa shape index (κ1) is 11.2. The maximum atomic E-state index is 11.2. The molecule has 0 aliphatic rings. The summed E-state index contributed by atoms with van der Waals surface area (Å²) in [6.45, 7) is 1.86. The van der Waals surface area contributed by atoms with Crippen LogP contribution in [-0.4, -0.2) is 14.7 Å². The second-order valence-electron chi connectivity index (χ2n) is 3.23. The number of nitrogens with one attached hydrogen (secondary N) is 1. The first-order valence-electron chi connectivity index (χ1n) is 4.21. The van der Waals surface area contributed by atoms with Gasteiger partial charge in [-0.25, -0.2) is 8.42 Å². The van der Waals surface area contributed by atoms with Crippen molar-refractivity contribution in [1.82, 2.24) is 5.43 Å². The van der Waals surface area contributed by atoms with Gasteiger partial charge in [-0.15, -0.1) is 0 Å². The number of sulfone groups is 1. The van der Waals surface area contributed by atoms with Crippen molar-refractivity contribution in [3.8, 4) is 0 Å². The van der Waals surface area contributed by atoms with Crippen LogP contribution in [0.2, 0.25) is 0 Å². The molecule has 3 N–H and O–H groups in total. The third-order valence-electron chi connectivity index (χ3n) is 2.04. The molecule has 0 radical (unpaired) electrons. The van der Waals surface area contributed by atoms with E-state index >= 15 is 0 Å². The van der Waals surface area contributed by atoms with Gasteiger partial charge in [0.15, 0.2) is 9.84 Å². The van der Waals surface area contributed by atoms with Crippen molar-refractivity contribution in [3.05, 3.63) is 29.8 Å². The SMILES string of the molecule is CC(NN)c1cccc(S(C)(=O)=O)c1. The number of hydrazine groups is 1. The molecule has 0 aliphatic carbocycles. The van der Waals surface area contributed by atoms with E-state index in [-0.39, 0.29) is 6.04 Å². The summed E-state index contributed by atoms with van der Waals surface area (Å²) in [5.74, 6) is 5.26. The van der Waals surface area contributed by atoms with E-state index in [2.05, 4.69) is 5.43 Å². The Morgan fingerprint density at radius 2 is 2.07 bits per heavy atom. The first-order valence-corrected chi connectivity index (χ1v) is 6.10. The van der Waals surface area contributed by atoms with E-state index in [0.29, 0.717) is 4.90 Å². The molecule has 1 aromatic carbocycles. The fourth-order valence-corrected chi connectivity index (χ4v) is 1.79. The van der Waals surface area contributed by atoms with E-state index in [4.69, 9.17) is 5.84 Å². The Labute approximate surface area is 84.0 Å². The maximum Gasteiger partial charge on any atom is 0.175 e. The molecule has 1 atom stereocenters. The topological polar surface area (TPSA) is 72.2 Å². The van der Waals surface area contributed by atoms with Crippen molar-refractivity contribution in [3.63, 3.8) is 0 Å². The van der Waals surface area contributed by atoms with Crippen LogP contribution in [-0.2, 0) is 9.84 Å². The van der Waals surface area contributed by atoms with Gasteiger partial charge in [-0.1, -0.05) is 12.1 Å². The van der Waals surface area contributed by atoms with Crippen molar-refractivity contribution < 1.29 is 8.42 Å². The minimum atomic E-state index is -3.14. The molecule has 14 heavy (non-hydrogen) atoms. The average Bonchev–Trinajstić information content (AvgIpc) is 2.15. The number of rotatable bonds is 3. The Morgan fingerprint density at radius 3 is 2.57 bits per heavy atom. The summed E-state index contributed by atoms with van der Waals surface area (Å²) in [6.07, 6.45) is 1.19. The van der Waals surface area contributed by atoms with Crippen molar-refractivity contribution in [2.75, 3.05) is 6.26 Å². The second-order valence-corrected chi connectivity index (χ2v) is 5.25. The average molecular weight is 214 g/mol. The highest BCUT2D eigenvalue weighted by atomic mass is 32.2. The van der Waals surface area contributed by atoms with Gasteiger partial charge in [0.1, 0.15) is 0 Å². The van der Waals surface area contributed by atoms with E-state index in [9.17, 15) is 8.42 Å². The minimum Gasteiger partial charge on any atom is -0.271 e. The van der Waals surface area contributed by atoms with Crippen LogP contribution >= 0.6 is 0 Å². The standard InChI is InChI=1S/C9H14N2O2S/c1-7(11-10)8-4-3-5-9(6-8)14(2,12)13/h3-7,11H,10H2,1-2H3. The van der Waals surface area contributed by atoms with Gasteiger partial charge in [0.05, 0.1) is 4.90 Å². The smallest absolute Gasteiger partial charge is 0.175 e. The summed E-state index contributed by atoms with van der Waals surface area (Å²) < 4.78 is 22.5. The summed E-state index contributed by atoms with van der Waals surface area (Å²) in [7, 11) is -3.14. The first-order chi connectivity index (χ1) is 6.45. The molecule has 5 heteroatoms. The lowest BCUT2D eigenvalue weighted by Gasteiger charge is -2.10. The van der Waals surface area contributed by atoms with Gasteiger partial charge in [-0.3, -0.25) is 11.3 Å². The van der Waals surface area contributed by atoms with Gasteiger partial charge >= 0.3 is 0 Å². The lowest BCUT2D eigenvalue weighted by molar-refractivity contribution is 0.594. The summed E-state index contributed by atoms with van der Waals surface area (Å²) >= 11 is 0. The van der Waals surface area contributed by atoms with Crippen LogP contribution < -0.4 is 11.3 Å². The van der Waals surface area contributed by atoms with Crippen LogP contribution in [0.4, 0.5) is 0 Å². The molecule has 0 spiro atoms. The quantitative estimate of drug-likeness (QED) is 0.571. The van der Waals surface area contributed by atoms with Crippen LogP contribution in [0.1, 0.15) is 18.5 Å². The molecule has 0 saturated heterocycles. The molecule has 0 bridgehead atoms. The molecule has 78 valence electrons. The Bertz CT molecular complexity index is 415. The van der Waals surface area contributed by atoms with Crippen LogP contribution in [0.15, 0.2) is 29.2 Å². The zero-order valence-electron chi connectivity index (χ0n) is 8.19. The van der Waals surface area contributed by atoms with Gasteiger partial charge < -0.3 is 0 Å². The fourth-order valence-electron chi connectivity index (χ4n) is 1.11. The number of benzene rings is 1. The van der Waals surface area contributed by atoms with E-state index in [1.165, 1.54) is 6.26 Å². The van der Waals surface area contributed by atoms with Crippen molar-refractivity contribution in [2.45, 2.75) is 17.9 Å². The van der Waals surface area contributed by atoms with Gasteiger partial charge in [-0.2, -0.15) is 0 Å². The van der Waals surface area contributed by atoms with Crippen LogP contribution in [0.3, 0.4) is 0 Å². The molecular formula is C9H14N2O2S. The third kappa shape index (κ3) is 2.54. The summed E-state index contributed by atoms with van der Waals surface area (Å²) in [5.41, 5.74) is 3.42. The molecule has 0 heterocycles. The van der Waals surface area contributed by atoms with Gasteiger partial charge in [0, 0.05) is 12.3 Å². The number of hydrogen-bond acceptors (Lipinski definition) is 4. The van der Waals surface area contributed by atoms with Crippen molar-refractivity contribution in [2.24, 2.45) is 5.84 Å². The van der Waals surface area contributed by atoms with Crippen molar-refractivity contribution in [1.29, 1.82) is 0 Å². The van der Waals surface area contributed by atoms with Crippen LogP contribution in [0, 0.1) is 0 Å². The van der Waals surface area contributed by atoms with E-state index in [0.717, 1.165) is 5.56 Å². The fraction of sp³-hybridized carbons (Fsp3) is 0.333. The number of nitrogens with two attached hydrogens (primary N) is 1. The second kappa shape index (κ2) is 4.08. The summed E-state index contributed by atoms with van der Waals surface area (Å²) in [5, 5.41) is 0. The Balaban J connectivity index is 3.14. The monoisotopic (exact) mass is 214 g/mol. The van der Waals surface area contributed by atoms with Gasteiger partial charge in [0.2, 0.25) is 0 Å². The predicted molar refractivity (Wildman–Crippen MR) is 55.3 cm³/mol. The van der Waals surface area contributed by atoms with E-state index in [1.54, 1.807) is 18.2 Å². The summed E-state index contributed by atoms with van der Waals surface area (Å²) in [6, 6.07) is 6.68. The van der Waals surface area contributed by atoms with Crippen LogP contribution in [0.25, 0.3) is 0 Å². The highest BCUT2D eigenvalue weighted by Gasteiger charge is 2.09. The van der Waals surface area contributed by atoms with Crippen LogP contribution in [0.5, 0.6) is 0 Å². The maximum absolute atomic E-state index is 11.2. The molecule has 1 rings (SSSR count). The molecule has 0 aliphatic heterocycles. The van der Waals surface area contributed by atoms with E-state index in [1.807, 2.05) is 13.0 Å². The lowest BCUT2D eigenvalue weighted by Crippen LogP contribution is -2.25.